The second-order valence-electron chi connectivity index (χ2n) is 4.62. The minimum Gasteiger partial charge on any atom is -0.236 e. The molecule has 0 unspecified atom stereocenters. The summed E-state index contributed by atoms with van der Waals surface area (Å²) in [6, 6.07) is 14.8. The quantitative estimate of drug-likeness (QED) is 0.535. The molecule has 1 aromatic heterocycles. The van der Waals surface area contributed by atoms with Crippen LogP contribution < -0.4 is 0 Å². The van der Waals surface area contributed by atoms with Gasteiger partial charge in [-0.15, -0.1) is 0 Å². The molecule has 0 aliphatic rings. The SMILES string of the molecule is FC(F)(F)c1cc(Cl)nc(-c2ccc3ccccc3c2)c1. The van der Waals surface area contributed by atoms with Gasteiger partial charge in [0.25, 0.3) is 0 Å². The van der Waals surface area contributed by atoms with Crippen molar-refractivity contribution in [3.8, 4) is 11.3 Å². The van der Waals surface area contributed by atoms with Gasteiger partial charge in [-0.3, -0.25) is 0 Å². The van der Waals surface area contributed by atoms with Crippen molar-refractivity contribution in [3.05, 3.63) is 65.3 Å². The summed E-state index contributed by atoms with van der Waals surface area (Å²) in [7, 11) is 0. The van der Waals surface area contributed by atoms with Crippen molar-refractivity contribution >= 4 is 22.4 Å². The number of nitrogens with zero attached hydrogens (tertiary/aromatic N) is 1. The van der Waals surface area contributed by atoms with Crippen molar-refractivity contribution in [2.24, 2.45) is 0 Å². The molecule has 0 spiro atoms. The van der Waals surface area contributed by atoms with Gasteiger partial charge in [-0.05, 0) is 29.0 Å². The van der Waals surface area contributed by atoms with Gasteiger partial charge in [0, 0.05) is 5.56 Å². The van der Waals surface area contributed by atoms with Crippen molar-refractivity contribution in [2.45, 2.75) is 6.18 Å². The fourth-order valence-corrected chi connectivity index (χ4v) is 2.37. The summed E-state index contributed by atoms with van der Waals surface area (Å²) >= 11 is 5.71. The van der Waals surface area contributed by atoms with Gasteiger partial charge in [0.15, 0.2) is 0 Å². The van der Waals surface area contributed by atoms with E-state index in [4.69, 9.17) is 11.6 Å². The third-order valence-corrected chi connectivity index (χ3v) is 3.36. The second kappa shape index (κ2) is 5.04. The van der Waals surface area contributed by atoms with Gasteiger partial charge in [0.2, 0.25) is 0 Å². The number of fused-ring (bicyclic) bond motifs is 1. The number of halogens is 4. The topological polar surface area (TPSA) is 12.9 Å². The Balaban J connectivity index is 2.16. The van der Waals surface area contributed by atoms with E-state index in [2.05, 4.69) is 4.98 Å². The molecule has 106 valence electrons. The van der Waals surface area contributed by atoms with Crippen LogP contribution in [0.5, 0.6) is 0 Å². The number of benzene rings is 2. The maximum Gasteiger partial charge on any atom is 0.416 e. The second-order valence-corrected chi connectivity index (χ2v) is 5.01. The first-order valence-corrected chi connectivity index (χ1v) is 6.55. The zero-order chi connectivity index (χ0) is 15.0. The molecule has 0 N–H and O–H groups in total. The number of pyridine rings is 1. The zero-order valence-electron chi connectivity index (χ0n) is 10.7. The van der Waals surface area contributed by atoms with Gasteiger partial charge in [0.05, 0.1) is 11.3 Å². The van der Waals surface area contributed by atoms with Crippen LogP contribution in [0.1, 0.15) is 5.56 Å². The van der Waals surface area contributed by atoms with E-state index in [1.807, 2.05) is 30.3 Å². The van der Waals surface area contributed by atoms with E-state index in [9.17, 15) is 13.2 Å². The molecule has 0 atom stereocenters. The number of rotatable bonds is 1. The van der Waals surface area contributed by atoms with Crippen molar-refractivity contribution in [3.63, 3.8) is 0 Å². The van der Waals surface area contributed by atoms with Crippen molar-refractivity contribution in [1.29, 1.82) is 0 Å². The van der Waals surface area contributed by atoms with E-state index < -0.39 is 11.7 Å². The molecule has 1 heterocycles. The molecule has 0 saturated carbocycles. The Kier molecular flexibility index (Phi) is 3.33. The minimum absolute atomic E-state index is 0.173. The molecule has 2 aromatic carbocycles. The van der Waals surface area contributed by atoms with Gasteiger partial charge in [-0.2, -0.15) is 13.2 Å². The average molecular weight is 308 g/mol. The standard InChI is InChI=1S/C16H9ClF3N/c17-15-9-13(16(18,19)20)8-14(21-15)12-6-5-10-3-1-2-4-11(10)7-12/h1-9H. The lowest BCUT2D eigenvalue weighted by atomic mass is 10.0. The summed E-state index contributed by atoms with van der Waals surface area (Å²) in [6.45, 7) is 0. The Labute approximate surface area is 124 Å². The summed E-state index contributed by atoms with van der Waals surface area (Å²) in [5, 5.41) is 1.78. The number of alkyl halides is 3. The highest BCUT2D eigenvalue weighted by atomic mass is 35.5. The summed E-state index contributed by atoms with van der Waals surface area (Å²) in [5.41, 5.74) is 0.00735. The van der Waals surface area contributed by atoms with E-state index >= 15 is 0 Å². The molecule has 5 heteroatoms. The Morgan fingerprint density at radius 3 is 2.29 bits per heavy atom. The molecule has 0 bridgehead atoms. The van der Waals surface area contributed by atoms with E-state index in [1.165, 1.54) is 0 Å². The molecule has 3 aromatic rings. The first-order valence-electron chi connectivity index (χ1n) is 6.17. The highest BCUT2D eigenvalue weighted by Gasteiger charge is 2.31. The number of aromatic nitrogens is 1. The molecule has 0 fully saturated rings. The van der Waals surface area contributed by atoms with Gasteiger partial charge < -0.3 is 0 Å². The smallest absolute Gasteiger partial charge is 0.236 e. The third-order valence-electron chi connectivity index (χ3n) is 3.17. The van der Waals surface area contributed by atoms with Crippen LogP contribution in [0.3, 0.4) is 0 Å². The van der Waals surface area contributed by atoms with Crippen LogP contribution in [-0.4, -0.2) is 4.98 Å². The number of hydrogen-bond donors (Lipinski definition) is 0. The molecule has 3 rings (SSSR count). The highest BCUT2D eigenvalue weighted by Crippen LogP contribution is 2.33. The Morgan fingerprint density at radius 1 is 0.857 bits per heavy atom. The summed E-state index contributed by atoms with van der Waals surface area (Å²) in [6.07, 6.45) is -4.45. The molecule has 0 aliphatic heterocycles. The van der Waals surface area contributed by atoms with Gasteiger partial charge in [-0.25, -0.2) is 4.98 Å². The average Bonchev–Trinajstić information content (AvgIpc) is 2.45. The van der Waals surface area contributed by atoms with Gasteiger partial charge >= 0.3 is 6.18 Å². The van der Waals surface area contributed by atoms with Crippen molar-refractivity contribution in [2.75, 3.05) is 0 Å². The molecule has 0 aliphatic carbocycles. The lowest BCUT2D eigenvalue weighted by Gasteiger charge is -2.10. The van der Waals surface area contributed by atoms with E-state index in [0.29, 0.717) is 5.56 Å². The number of hydrogen-bond acceptors (Lipinski definition) is 1. The van der Waals surface area contributed by atoms with E-state index in [0.717, 1.165) is 22.9 Å². The Bertz CT molecular complexity index is 812. The van der Waals surface area contributed by atoms with Gasteiger partial charge in [-0.1, -0.05) is 48.0 Å². The van der Waals surface area contributed by atoms with Gasteiger partial charge in [0.1, 0.15) is 5.15 Å². The van der Waals surface area contributed by atoms with Crippen LogP contribution in [-0.2, 0) is 6.18 Å². The van der Waals surface area contributed by atoms with Crippen LogP contribution in [0.25, 0.3) is 22.0 Å². The molecular weight excluding hydrogens is 299 g/mol. The molecular formula is C16H9ClF3N. The molecule has 0 radical (unpaired) electrons. The summed E-state index contributed by atoms with van der Waals surface area (Å²) in [5.74, 6) is 0. The Morgan fingerprint density at radius 2 is 1.57 bits per heavy atom. The van der Waals surface area contributed by atoms with Crippen molar-refractivity contribution in [1.82, 2.24) is 4.98 Å². The zero-order valence-corrected chi connectivity index (χ0v) is 11.4. The molecule has 1 nitrogen and oxygen atoms in total. The third kappa shape index (κ3) is 2.85. The molecule has 0 amide bonds. The highest BCUT2D eigenvalue weighted by molar-refractivity contribution is 6.29. The molecule has 21 heavy (non-hydrogen) atoms. The Hall–Kier alpha value is -2.07. The van der Waals surface area contributed by atoms with Crippen LogP contribution in [0, 0.1) is 0 Å². The first-order chi connectivity index (χ1) is 9.93. The predicted octanol–water partition coefficient (Wildman–Crippen LogP) is 5.57. The van der Waals surface area contributed by atoms with Crippen molar-refractivity contribution < 1.29 is 13.2 Å². The van der Waals surface area contributed by atoms with E-state index in [1.54, 1.807) is 12.1 Å². The minimum atomic E-state index is -4.45. The van der Waals surface area contributed by atoms with Crippen LogP contribution in [0.15, 0.2) is 54.6 Å². The summed E-state index contributed by atoms with van der Waals surface area (Å²) < 4.78 is 38.5. The maximum absolute atomic E-state index is 12.8. The fraction of sp³-hybridized carbons (Fsp3) is 0.0625. The molecule has 0 saturated heterocycles. The summed E-state index contributed by atoms with van der Waals surface area (Å²) in [4.78, 5) is 3.99. The lowest BCUT2D eigenvalue weighted by Crippen LogP contribution is -2.05. The van der Waals surface area contributed by atoms with E-state index in [-0.39, 0.29) is 10.8 Å². The van der Waals surface area contributed by atoms with Crippen LogP contribution >= 0.6 is 11.6 Å². The lowest BCUT2D eigenvalue weighted by molar-refractivity contribution is -0.137. The largest absolute Gasteiger partial charge is 0.416 e. The maximum atomic E-state index is 12.8. The van der Waals surface area contributed by atoms with Crippen LogP contribution in [0.4, 0.5) is 13.2 Å². The first kappa shape index (κ1) is 13.9. The van der Waals surface area contributed by atoms with Crippen LogP contribution in [0.2, 0.25) is 5.15 Å². The normalized spacial score (nSPS) is 11.8. The monoisotopic (exact) mass is 307 g/mol. The fourth-order valence-electron chi connectivity index (χ4n) is 2.16. The predicted molar refractivity (Wildman–Crippen MR) is 77.2 cm³/mol.